The number of fused-ring (bicyclic) bond motifs is 1. The molecule has 4 rings (SSSR count). The van der Waals surface area contributed by atoms with Crippen molar-refractivity contribution in [2.24, 2.45) is 0 Å². The van der Waals surface area contributed by atoms with Crippen LogP contribution in [0.5, 0.6) is 5.75 Å². The fourth-order valence-electron chi connectivity index (χ4n) is 4.30. The molecule has 0 unspecified atom stereocenters. The molecule has 3 aromatic rings. The van der Waals surface area contributed by atoms with Gasteiger partial charge in [-0.2, -0.15) is 0 Å². The number of ether oxygens (including phenoxy) is 1. The summed E-state index contributed by atoms with van der Waals surface area (Å²) in [5, 5.41) is 5.89. The van der Waals surface area contributed by atoms with E-state index < -0.39 is 9.84 Å². The number of anilines is 2. The molecular weight excluding hydrogens is 466 g/mol. The zero-order chi connectivity index (χ0) is 25.2. The Labute approximate surface area is 205 Å². The molecule has 1 aliphatic heterocycles. The number of amides is 1. The first-order chi connectivity index (χ1) is 16.8. The number of carbonyl (C=O) groups is 1. The van der Waals surface area contributed by atoms with E-state index in [1.807, 2.05) is 25.1 Å². The highest BCUT2D eigenvalue weighted by molar-refractivity contribution is 7.90. The predicted molar refractivity (Wildman–Crippen MR) is 136 cm³/mol. The van der Waals surface area contributed by atoms with E-state index in [1.165, 1.54) is 12.3 Å². The Balaban J connectivity index is 1.68. The molecule has 1 aliphatic rings. The van der Waals surface area contributed by atoms with E-state index in [0.29, 0.717) is 48.9 Å². The number of benzene rings is 2. The topological polar surface area (TPSA) is 114 Å². The summed E-state index contributed by atoms with van der Waals surface area (Å²) in [5.41, 5.74) is 4.30. The van der Waals surface area contributed by atoms with Gasteiger partial charge < -0.3 is 20.3 Å². The Bertz CT molecular complexity index is 1360. The maximum Gasteiger partial charge on any atom is 0.254 e. The molecule has 0 atom stereocenters. The van der Waals surface area contributed by atoms with Crippen LogP contribution in [-0.4, -0.2) is 62.7 Å². The van der Waals surface area contributed by atoms with Gasteiger partial charge in [-0.1, -0.05) is 13.0 Å². The number of aromatic nitrogens is 2. The van der Waals surface area contributed by atoms with E-state index in [1.54, 1.807) is 37.5 Å². The van der Waals surface area contributed by atoms with Crippen molar-refractivity contribution < 1.29 is 17.9 Å². The Morgan fingerprint density at radius 1 is 1.09 bits per heavy atom. The van der Waals surface area contributed by atoms with Crippen molar-refractivity contribution in [1.82, 2.24) is 14.9 Å². The first-order valence-corrected chi connectivity index (χ1v) is 13.2. The lowest BCUT2D eigenvalue weighted by molar-refractivity contribution is 0.0732. The molecule has 0 fully saturated rings. The van der Waals surface area contributed by atoms with E-state index in [-0.39, 0.29) is 10.8 Å². The van der Waals surface area contributed by atoms with E-state index in [9.17, 15) is 13.2 Å². The smallest absolute Gasteiger partial charge is 0.254 e. The molecular formula is C25H29N5O4S. The average molecular weight is 496 g/mol. The molecule has 1 aromatic heterocycles. The van der Waals surface area contributed by atoms with Gasteiger partial charge in [-0.3, -0.25) is 4.79 Å². The van der Waals surface area contributed by atoms with Gasteiger partial charge in [0, 0.05) is 56.0 Å². The molecule has 0 radical (unpaired) electrons. The highest BCUT2D eigenvalue weighted by Gasteiger charge is 2.26. The molecule has 1 amide bonds. The Morgan fingerprint density at radius 3 is 2.46 bits per heavy atom. The summed E-state index contributed by atoms with van der Waals surface area (Å²) in [6.45, 7) is 3.05. The highest BCUT2D eigenvalue weighted by Crippen LogP contribution is 2.32. The zero-order valence-corrected chi connectivity index (χ0v) is 21.1. The van der Waals surface area contributed by atoms with Gasteiger partial charge in [0.2, 0.25) is 5.95 Å². The summed E-state index contributed by atoms with van der Waals surface area (Å²) >= 11 is 0. The van der Waals surface area contributed by atoms with Crippen LogP contribution in [-0.2, 0) is 22.8 Å². The molecule has 2 N–H and O–H groups in total. The third-order valence-corrected chi connectivity index (χ3v) is 7.18. The quantitative estimate of drug-likeness (QED) is 0.536. The van der Waals surface area contributed by atoms with Crippen LogP contribution in [0.15, 0.2) is 47.6 Å². The molecule has 2 aromatic carbocycles. The van der Waals surface area contributed by atoms with Crippen LogP contribution in [0.4, 0.5) is 11.6 Å². The molecule has 184 valence electrons. The summed E-state index contributed by atoms with van der Waals surface area (Å²) < 4.78 is 30.5. The standard InChI is InChI=1S/C25H29N5O4S/c1-5-19-20(7-9-22(23(19)26-2)35(4,32)33)24(31)30-10-11-34-21-8-6-16(12-17(21)15-30)18-13-28-25(27-3)29-14-18/h6-9,12-14,26H,5,10-11,15H2,1-4H3,(H,27,28,29). The van der Waals surface area contributed by atoms with Crippen LogP contribution in [0.1, 0.15) is 28.4 Å². The Morgan fingerprint density at radius 2 is 1.83 bits per heavy atom. The van der Waals surface area contributed by atoms with Crippen LogP contribution < -0.4 is 15.4 Å². The van der Waals surface area contributed by atoms with Crippen LogP contribution in [0, 0.1) is 0 Å². The number of hydrogen-bond donors (Lipinski definition) is 2. The molecule has 0 saturated carbocycles. The van der Waals surface area contributed by atoms with Gasteiger partial charge in [0.25, 0.3) is 5.91 Å². The first-order valence-electron chi connectivity index (χ1n) is 11.4. The van der Waals surface area contributed by atoms with Crippen molar-refractivity contribution in [3.8, 4) is 16.9 Å². The van der Waals surface area contributed by atoms with Crippen molar-refractivity contribution >= 4 is 27.4 Å². The summed E-state index contributed by atoms with van der Waals surface area (Å²) in [7, 11) is -0.0176. The highest BCUT2D eigenvalue weighted by atomic mass is 32.2. The maximum absolute atomic E-state index is 13.7. The fourth-order valence-corrected chi connectivity index (χ4v) is 5.21. The average Bonchev–Trinajstić information content (AvgIpc) is 3.08. The number of nitrogens with one attached hydrogen (secondary N) is 2. The van der Waals surface area contributed by atoms with Crippen LogP contribution in [0.25, 0.3) is 11.1 Å². The maximum atomic E-state index is 13.7. The zero-order valence-electron chi connectivity index (χ0n) is 20.3. The second-order valence-electron chi connectivity index (χ2n) is 8.28. The van der Waals surface area contributed by atoms with Crippen molar-refractivity contribution in [2.45, 2.75) is 24.8 Å². The first kappa shape index (κ1) is 24.5. The van der Waals surface area contributed by atoms with E-state index >= 15 is 0 Å². The Kier molecular flexibility index (Phi) is 6.93. The normalized spacial score (nSPS) is 13.4. The largest absolute Gasteiger partial charge is 0.491 e. The van der Waals surface area contributed by atoms with Gasteiger partial charge in [0.15, 0.2) is 9.84 Å². The van der Waals surface area contributed by atoms with Gasteiger partial charge in [0.1, 0.15) is 12.4 Å². The predicted octanol–water partition coefficient (Wildman–Crippen LogP) is 3.23. The number of rotatable bonds is 6. The minimum atomic E-state index is -3.45. The molecule has 0 saturated heterocycles. The van der Waals surface area contributed by atoms with Gasteiger partial charge >= 0.3 is 0 Å². The summed E-state index contributed by atoms with van der Waals surface area (Å²) in [4.78, 5) is 24.2. The fraction of sp³-hybridized carbons (Fsp3) is 0.320. The molecule has 0 spiro atoms. The van der Waals surface area contributed by atoms with Crippen LogP contribution >= 0.6 is 0 Å². The molecule has 0 aliphatic carbocycles. The molecule has 10 heteroatoms. The van der Waals surface area contributed by atoms with E-state index in [0.717, 1.165) is 22.4 Å². The van der Waals surface area contributed by atoms with Crippen molar-refractivity contribution in [1.29, 1.82) is 0 Å². The summed E-state index contributed by atoms with van der Waals surface area (Å²) in [6, 6.07) is 8.96. The lowest BCUT2D eigenvalue weighted by Gasteiger charge is -2.23. The lowest BCUT2D eigenvalue weighted by Crippen LogP contribution is -2.33. The van der Waals surface area contributed by atoms with Gasteiger partial charge in [-0.15, -0.1) is 0 Å². The van der Waals surface area contributed by atoms with Gasteiger partial charge in [-0.25, -0.2) is 18.4 Å². The monoisotopic (exact) mass is 495 g/mol. The third kappa shape index (κ3) is 4.93. The summed E-state index contributed by atoms with van der Waals surface area (Å²) in [5.74, 6) is 1.11. The Hall–Kier alpha value is -3.66. The second kappa shape index (κ2) is 9.91. The number of nitrogens with zero attached hydrogens (tertiary/aromatic N) is 3. The van der Waals surface area contributed by atoms with Crippen LogP contribution in [0.2, 0.25) is 0 Å². The van der Waals surface area contributed by atoms with Crippen molar-refractivity contribution in [3.63, 3.8) is 0 Å². The van der Waals surface area contributed by atoms with Gasteiger partial charge in [0.05, 0.1) is 17.1 Å². The van der Waals surface area contributed by atoms with Gasteiger partial charge in [-0.05, 0) is 41.8 Å². The van der Waals surface area contributed by atoms with Crippen molar-refractivity contribution in [2.75, 3.05) is 44.1 Å². The summed E-state index contributed by atoms with van der Waals surface area (Å²) in [6.07, 6.45) is 5.17. The number of sulfone groups is 1. The molecule has 0 bridgehead atoms. The van der Waals surface area contributed by atoms with Crippen LogP contribution in [0.3, 0.4) is 0 Å². The second-order valence-corrected chi connectivity index (χ2v) is 10.3. The minimum Gasteiger partial charge on any atom is -0.491 e. The third-order valence-electron chi connectivity index (χ3n) is 6.04. The number of hydrogen-bond acceptors (Lipinski definition) is 8. The number of carbonyl (C=O) groups excluding carboxylic acids is 1. The van der Waals surface area contributed by atoms with E-state index in [4.69, 9.17) is 4.74 Å². The SMILES string of the molecule is CCc1c(C(=O)N2CCOc3ccc(-c4cnc(NC)nc4)cc3C2)ccc(S(C)(=O)=O)c1NC. The molecule has 35 heavy (non-hydrogen) atoms. The minimum absolute atomic E-state index is 0.165. The lowest BCUT2D eigenvalue weighted by atomic mass is 10.0. The van der Waals surface area contributed by atoms with Crippen molar-refractivity contribution in [3.05, 3.63) is 59.4 Å². The molecule has 2 heterocycles. The molecule has 9 nitrogen and oxygen atoms in total. The van der Waals surface area contributed by atoms with E-state index in [2.05, 4.69) is 20.6 Å².